The molecule has 4 nitrogen and oxygen atoms in total. The summed E-state index contributed by atoms with van der Waals surface area (Å²) in [5.41, 5.74) is 6.55. The Morgan fingerprint density at radius 1 is 1.46 bits per heavy atom. The highest BCUT2D eigenvalue weighted by Crippen LogP contribution is 2.07. The van der Waals surface area contributed by atoms with E-state index in [-0.39, 0.29) is 0 Å². The number of nitrogens with zero attached hydrogens (tertiary/aromatic N) is 3. The lowest BCUT2D eigenvalue weighted by molar-refractivity contribution is 0.822. The van der Waals surface area contributed by atoms with Gasteiger partial charge in [-0.15, -0.1) is 5.10 Å². The van der Waals surface area contributed by atoms with Gasteiger partial charge in [-0.25, -0.2) is 4.98 Å². The molecule has 0 radical (unpaired) electrons. The van der Waals surface area contributed by atoms with Crippen LogP contribution in [0.1, 0.15) is 19.2 Å². The van der Waals surface area contributed by atoms with E-state index in [9.17, 15) is 0 Å². The highest BCUT2D eigenvalue weighted by Gasteiger charge is 2.03. The lowest BCUT2D eigenvalue weighted by Crippen LogP contribution is -1.97. The number of rotatable bonds is 2. The van der Waals surface area contributed by atoms with Gasteiger partial charge in [-0.05, 0) is 18.6 Å². The molecule has 0 saturated carbocycles. The highest BCUT2D eigenvalue weighted by atomic mass is 15.3. The van der Waals surface area contributed by atoms with E-state index in [0.29, 0.717) is 5.82 Å². The minimum absolute atomic E-state index is 0.632. The third kappa shape index (κ3) is 1.35. The highest BCUT2D eigenvalue weighted by molar-refractivity contribution is 5.45. The zero-order valence-corrected chi connectivity index (χ0v) is 7.57. The topological polar surface area (TPSA) is 56.2 Å². The maximum absolute atomic E-state index is 5.73. The van der Waals surface area contributed by atoms with Crippen molar-refractivity contribution in [2.45, 2.75) is 19.8 Å². The van der Waals surface area contributed by atoms with Crippen molar-refractivity contribution in [2.75, 3.05) is 5.73 Å². The summed E-state index contributed by atoms with van der Waals surface area (Å²) in [5, 5.41) is 4.28. The molecule has 4 heteroatoms. The first-order valence-electron chi connectivity index (χ1n) is 4.41. The van der Waals surface area contributed by atoms with Crippen molar-refractivity contribution < 1.29 is 0 Å². The van der Waals surface area contributed by atoms with Crippen molar-refractivity contribution in [3.63, 3.8) is 0 Å². The zero-order valence-electron chi connectivity index (χ0n) is 7.57. The summed E-state index contributed by atoms with van der Waals surface area (Å²) in [7, 11) is 0. The summed E-state index contributed by atoms with van der Waals surface area (Å²) in [4.78, 5) is 4.34. The van der Waals surface area contributed by atoms with Gasteiger partial charge >= 0.3 is 0 Å². The average Bonchev–Trinajstić information content (AvgIpc) is 2.49. The van der Waals surface area contributed by atoms with Crippen LogP contribution in [0.3, 0.4) is 0 Å². The fourth-order valence-electron chi connectivity index (χ4n) is 1.30. The third-order valence-electron chi connectivity index (χ3n) is 1.91. The summed E-state index contributed by atoms with van der Waals surface area (Å²) >= 11 is 0. The molecule has 2 rings (SSSR count). The molecular formula is C9H12N4. The Bertz CT molecular complexity index is 418. The summed E-state index contributed by atoms with van der Waals surface area (Å²) in [6, 6.07) is 5.61. The first kappa shape index (κ1) is 8.04. The third-order valence-corrected chi connectivity index (χ3v) is 1.91. The molecule has 0 unspecified atom stereocenters. The van der Waals surface area contributed by atoms with Gasteiger partial charge in [-0.2, -0.15) is 4.52 Å². The number of nitrogen functional groups attached to an aromatic ring is 1. The lowest BCUT2D eigenvalue weighted by atomic mass is 10.3. The molecule has 2 heterocycles. The van der Waals surface area contributed by atoms with E-state index in [1.165, 1.54) is 0 Å². The predicted octanol–water partition coefficient (Wildman–Crippen LogP) is 1.26. The van der Waals surface area contributed by atoms with E-state index in [1.54, 1.807) is 4.52 Å². The van der Waals surface area contributed by atoms with Gasteiger partial charge in [0.05, 0.1) is 0 Å². The van der Waals surface area contributed by atoms with Crippen LogP contribution in [0.4, 0.5) is 5.82 Å². The van der Waals surface area contributed by atoms with Crippen LogP contribution in [-0.4, -0.2) is 14.6 Å². The van der Waals surface area contributed by atoms with Crippen molar-refractivity contribution in [3.05, 3.63) is 24.0 Å². The summed E-state index contributed by atoms with van der Waals surface area (Å²) in [5.74, 6) is 1.49. The van der Waals surface area contributed by atoms with Crippen LogP contribution in [0, 0.1) is 0 Å². The first-order valence-corrected chi connectivity index (χ1v) is 4.41. The van der Waals surface area contributed by atoms with E-state index < -0.39 is 0 Å². The number of pyridine rings is 1. The van der Waals surface area contributed by atoms with Gasteiger partial charge in [0.2, 0.25) is 0 Å². The van der Waals surface area contributed by atoms with Gasteiger partial charge in [0.15, 0.2) is 11.5 Å². The monoisotopic (exact) mass is 176 g/mol. The molecule has 0 fully saturated rings. The number of hydrogen-bond donors (Lipinski definition) is 1. The lowest BCUT2D eigenvalue weighted by Gasteiger charge is -1.93. The Hall–Kier alpha value is -1.58. The summed E-state index contributed by atoms with van der Waals surface area (Å²) in [6.45, 7) is 2.11. The molecule has 0 amide bonds. The number of nitrogens with two attached hydrogens (primary N) is 1. The molecule has 68 valence electrons. The minimum Gasteiger partial charge on any atom is -0.384 e. The van der Waals surface area contributed by atoms with Crippen molar-refractivity contribution in [1.82, 2.24) is 14.6 Å². The van der Waals surface area contributed by atoms with E-state index in [1.807, 2.05) is 18.2 Å². The molecule has 0 aliphatic rings. The molecule has 0 aliphatic heterocycles. The van der Waals surface area contributed by atoms with Crippen LogP contribution >= 0.6 is 0 Å². The summed E-state index contributed by atoms with van der Waals surface area (Å²) in [6.07, 6.45) is 1.96. The van der Waals surface area contributed by atoms with Crippen molar-refractivity contribution >= 4 is 11.5 Å². The van der Waals surface area contributed by atoms with Gasteiger partial charge < -0.3 is 5.73 Å². The Morgan fingerprint density at radius 3 is 3.00 bits per heavy atom. The smallest absolute Gasteiger partial charge is 0.157 e. The van der Waals surface area contributed by atoms with Gasteiger partial charge in [-0.1, -0.05) is 13.0 Å². The van der Waals surface area contributed by atoms with Gasteiger partial charge in [0, 0.05) is 6.42 Å². The molecule has 13 heavy (non-hydrogen) atoms. The SMILES string of the molecule is CCCc1nc2cccc(N)n2n1. The number of hydrogen-bond acceptors (Lipinski definition) is 3. The van der Waals surface area contributed by atoms with Crippen LogP contribution in [0.15, 0.2) is 18.2 Å². The Balaban J connectivity index is 2.55. The fourth-order valence-corrected chi connectivity index (χ4v) is 1.30. The first-order chi connectivity index (χ1) is 6.31. The predicted molar refractivity (Wildman–Crippen MR) is 51.4 cm³/mol. The van der Waals surface area contributed by atoms with E-state index in [2.05, 4.69) is 17.0 Å². The standard InChI is InChI=1S/C9H12N4/c1-2-4-8-11-9-6-3-5-7(10)13(9)12-8/h3,5-6H,2,4,10H2,1H3. The van der Waals surface area contributed by atoms with E-state index in [0.717, 1.165) is 24.3 Å². The van der Waals surface area contributed by atoms with E-state index in [4.69, 9.17) is 5.73 Å². The van der Waals surface area contributed by atoms with Crippen molar-refractivity contribution in [3.8, 4) is 0 Å². The molecule has 0 spiro atoms. The van der Waals surface area contributed by atoms with Crippen molar-refractivity contribution in [2.24, 2.45) is 0 Å². The number of anilines is 1. The maximum Gasteiger partial charge on any atom is 0.157 e. The summed E-state index contributed by atoms with van der Waals surface area (Å²) < 4.78 is 1.67. The Labute approximate surface area is 76.4 Å². The van der Waals surface area contributed by atoms with Crippen LogP contribution in [0.5, 0.6) is 0 Å². The Morgan fingerprint density at radius 2 is 2.31 bits per heavy atom. The van der Waals surface area contributed by atoms with Gasteiger partial charge in [0.1, 0.15) is 5.82 Å². The Kier molecular flexibility index (Phi) is 1.88. The second-order valence-electron chi connectivity index (χ2n) is 3.00. The second-order valence-corrected chi connectivity index (χ2v) is 3.00. The second kappa shape index (κ2) is 3.05. The number of fused-ring (bicyclic) bond motifs is 1. The molecule has 0 bridgehead atoms. The molecular weight excluding hydrogens is 164 g/mol. The van der Waals surface area contributed by atoms with Crippen LogP contribution < -0.4 is 5.73 Å². The van der Waals surface area contributed by atoms with Gasteiger partial charge in [-0.3, -0.25) is 0 Å². The quantitative estimate of drug-likeness (QED) is 0.749. The molecule has 0 aliphatic carbocycles. The number of aryl methyl sites for hydroxylation is 1. The van der Waals surface area contributed by atoms with Gasteiger partial charge in [0.25, 0.3) is 0 Å². The molecule has 2 aromatic heterocycles. The zero-order chi connectivity index (χ0) is 9.26. The maximum atomic E-state index is 5.73. The van der Waals surface area contributed by atoms with Crippen LogP contribution in [-0.2, 0) is 6.42 Å². The molecule has 0 aromatic carbocycles. The normalized spacial score (nSPS) is 10.8. The minimum atomic E-state index is 0.632. The fraction of sp³-hybridized carbons (Fsp3) is 0.333. The molecule has 0 atom stereocenters. The van der Waals surface area contributed by atoms with Crippen LogP contribution in [0.2, 0.25) is 0 Å². The molecule has 2 N–H and O–H groups in total. The number of aromatic nitrogens is 3. The largest absolute Gasteiger partial charge is 0.384 e. The van der Waals surface area contributed by atoms with Crippen molar-refractivity contribution in [1.29, 1.82) is 0 Å². The van der Waals surface area contributed by atoms with E-state index >= 15 is 0 Å². The average molecular weight is 176 g/mol. The molecule has 0 saturated heterocycles. The van der Waals surface area contributed by atoms with Crippen LogP contribution in [0.25, 0.3) is 5.65 Å². The molecule has 2 aromatic rings.